The van der Waals surface area contributed by atoms with Gasteiger partial charge in [-0.1, -0.05) is 48.6 Å². The van der Waals surface area contributed by atoms with Gasteiger partial charge in [0, 0.05) is 7.14 Å². The first-order valence-corrected chi connectivity index (χ1v) is 11.5. The summed E-state index contributed by atoms with van der Waals surface area (Å²) in [6.07, 6.45) is 8.41. The predicted molar refractivity (Wildman–Crippen MR) is 135 cm³/mol. The third-order valence-corrected chi connectivity index (χ3v) is 6.70. The lowest BCUT2D eigenvalue weighted by Crippen LogP contribution is -1.92. The largest absolute Gasteiger partial charge is 0.454 e. The van der Waals surface area contributed by atoms with Crippen molar-refractivity contribution in [2.24, 2.45) is 0 Å². The zero-order chi connectivity index (χ0) is 20.5. The molecule has 4 nitrogen and oxygen atoms in total. The second-order valence-corrected chi connectivity index (χ2v) is 9.11. The highest BCUT2D eigenvalue weighted by Gasteiger charge is 2.16. The van der Waals surface area contributed by atoms with Gasteiger partial charge in [0.1, 0.15) is 0 Å². The molecule has 3 aromatic rings. The highest BCUT2D eigenvalue weighted by atomic mass is 127. The van der Waals surface area contributed by atoms with Gasteiger partial charge < -0.3 is 18.9 Å². The molecule has 0 saturated heterocycles. The molecule has 2 aliphatic rings. The SMILES string of the molecule is Ic1cc2c(cc1/C=C\c1ccc(/C=C\c3cc4c(cc3I)OCO4)cc1)OCO2. The smallest absolute Gasteiger partial charge is 0.231 e. The Morgan fingerprint density at radius 3 is 1.30 bits per heavy atom. The lowest BCUT2D eigenvalue weighted by Gasteiger charge is -2.03. The zero-order valence-corrected chi connectivity index (χ0v) is 20.0. The van der Waals surface area contributed by atoms with E-state index < -0.39 is 0 Å². The van der Waals surface area contributed by atoms with Gasteiger partial charge in [-0.25, -0.2) is 0 Å². The highest BCUT2D eigenvalue weighted by Crippen LogP contribution is 2.37. The van der Waals surface area contributed by atoms with Gasteiger partial charge in [0.05, 0.1) is 0 Å². The lowest BCUT2D eigenvalue weighted by molar-refractivity contribution is 0.173. The fourth-order valence-electron chi connectivity index (χ4n) is 3.21. The van der Waals surface area contributed by atoms with Crippen molar-refractivity contribution in [1.29, 1.82) is 0 Å². The third kappa shape index (κ3) is 4.15. The fourth-order valence-corrected chi connectivity index (χ4v) is 4.45. The molecule has 0 radical (unpaired) electrons. The van der Waals surface area contributed by atoms with Crippen LogP contribution in [0.4, 0.5) is 0 Å². The summed E-state index contributed by atoms with van der Waals surface area (Å²) >= 11 is 4.64. The second kappa shape index (κ2) is 8.50. The van der Waals surface area contributed by atoms with Crippen LogP contribution in [-0.2, 0) is 0 Å². The van der Waals surface area contributed by atoms with E-state index >= 15 is 0 Å². The summed E-state index contributed by atoms with van der Waals surface area (Å²) in [6, 6.07) is 16.5. The van der Waals surface area contributed by atoms with Crippen molar-refractivity contribution in [3.8, 4) is 23.0 Å². The molecule has 30 heavy (non-hydrogen) atoms. The monoisotopic (exact) mass is 622 g/mol. The number of rotatable bonds is 4. The van der Waals surface area contributed by atoms with E-state index in [9.17, 15) is 0 Å². The summed E-state index contributed by atoms with van der Waals surface area (Å²) in [5.74, 6) is 3.22. The van der Waals surface area contributed by atoms with Crippen LogP contribution in [0.1, 0.15) is 22.3 Å². The average molecular weight is 622 g/mol. The number of ether oxygens (including phenoxy) is 4. The van der Waals surface area contributed by atoms with E-state index in [1.54, 1.807) is 0 Å². The first-order chi connectivity index (χ1) is 14.7. The topological polar surface area (TPSA) is 36.9 Å². The van der Waals surface area contributed by atoms with E-state index in [1.807, 2.05) is 24.3 Å². The Morgan fingerprint density at radius 2 is 0.900 bits per heavy atom. The highest BCUT2D eigenvalue weighted by molar-refractivity contribution is 14.1. The molecule has 2 heterocycles. The molecule has 150 valence electrons. The van der Waals surface area contributed by atoms with E-state index in [0.29, 0.717) is 13.6 Å². The molecular weight excluding hydrogens is 606 g/mol. The number of hydrogen-bond donors (Lipinski definition) is 0. The van der Waals surface area contributed by atoms with Crippen LogP contribution in [0.3, 0.4) is 0 Å². The van der Waals surface area contributed by atoms with Crippen molar-refractivity contribution in [2.75, 3.05) is 13.6 Å². The van der Waals surface area contributed by atoms with E-state index in [1.165, 1.54) is 0 Å². The van der Waals surface area contributed by atoms with Crippen molar-refractivity contribution < 1.29 is 18.9 Å². The van der Waals surface area contributed by atoms with Crippen LogP contribution in [0.25, 0.3) is 24.3 Å². The summed E-state index contributed by atoms with van der Waals surface area (Å²) in [6.45, 7) is 0.581. The van der Waals surface area contributed by atoms with Crippen LogP contribution in [0.15, 0.2) is 48.5 Å². The molecule has 0 atom stereocenters. The van der Waals surface area contributed by atoms with Crippen molar-refractivity contribution in [2.45, 2.75) is 0 Å². The lowest BCUT2D eigenvalue weighted by atomic mass is 10.1. The third-order valence-electron chi connectivity index (χ3n) is 4.83. The fraction of sp³-hybridized carbons (Fsp3) is 0.0833. The summed E-state index contributed by atoms with van der Waals surface area (Å²) in [7, 11) is 0. The summed E-state index contributed by atoms with van der Waals surface area (Å²) < 4.78 is 24.1. The van der Waals surface area contributed by atoms with Gasteiger partial charge in [-0.3, -0.25) is 0 Å². The van der Waals surface area contributed by atoms with Crippen molar-refractivity contribution in [3.05, 3.63) is 77.9 Å². The molecule has 0 amide bonds. The van der Waals surface area contributed by atoms with Crippen molar-refractivity contribution in [1.82, 2.24) is 0 Å². The summed E-state index contributed by atoms with van der Waals surface area (Å²) in [4.78, 5) is 0. The Bertz CT molecular complexity index is 1070. The normalized spacial score (nSPS) is 14.2. The molecule has 0 saturated carbocycles. The van der Waals surface area contributed by atoms with Gasteiger partial charge >= 0.3 is 0 Å². The van der Waals surface area contributed by atoms with Crippen molar-refractivity contribution in [3.63, 3.8) is 0 Å². The van der Waals surface area contributed by atoms with Gasteiger partial charge in [0.2, 0.25) is 13.6 Å². The van der Waals surface area contributed by atoms with Gasteiger partial charge in [0.15, 0.2) is 23.0 Å². The van der Waals surface area contributed by atoms with Crippen LogP contribution in [-0.4, -0.2) is 13.6 Å². The Balaban J connectivity index is 1.30. The van der Waals surface area contributed by atoms with Gasteiger partial charge in [-0.15, -0.1) is 0 Å². The molecule has 2 aliphatic heterocycles. The van der Waals surface area contributed by atoms with Gasteiger partial charge in [-0.05, 0) is 91.7 Å². The minimum absolute atomic E-state index is 0.291. The first kappa shape index (κ1) is 19.7. The number of benzene rings is 3. The molecule has 0 aromatic heterocycles. The molecule has 0 bridgehead atoms. The van der Waals surface area contributed by atoms with Crippen LogP contribution in [0.5, 0.6) is 23.0 Å². The standard InChI is InChI=1S/C24H16I2O4/c25-19-11-23-21(27-13-29-23)9-17(19)7-5-15-1-2-16(4-3-15)6-8-18-10-22-24(12-20(18)26)30-14-28-22/h1-12H,13-14H2/b7-5-,8-6-. The van der Waals surface area contributed by atoms with E-state index in [-0.39, 0.29) is 0 Å². The summed E-state index contributed by atoms with van der Waals surface area (Å²) in [5, 5.41) is 0. The van der Waals surface area contributed by atoms with Crippen LogP contribution >= 0.6 is 45.2 Å². The van der Waals surface area contributed by atoms with Crippen LogP contribution in [0.2, 0.25) is 0 Å². The minimum Gasteiger partial charge on any atom is -0.454 e. The molecule has 0 N–H and O–H groups in total. The molecule has 3 aromatic carbocycles. The van der Waals surface area contributed by atoms with Crippen LogP contribution < -0.4 is 18.9 Å². The molecule has 6 heteroatoms. The number of hydrogen-bond acceptors (Lipinski definition) is 4. The Morgan fingerprint density at radius 1 is 0.533 bits per heavy atom. The molecule has 0 fully saturated rings. The predicted octanol–water partition coefficient (Wildman–Crippen LogP) is 6.69. The molecule has 0 unspecified atom stereocenters. The number of fused-ring (bicyclic) bond motifs is 2. The minimum atomic E-state index is 0.291. The molecule has 0 spiro atoms. The number of halogens is 2. The second-order valence-electron chi connectivity index (χ2n) is 6.79. The van der Waals surface area contributed by atoms with E-state index in [0.717, 1.165) is 52.4 Å². The maximum atomic E-state index is 5.48. The van der Waals surface area contributed by atoms with Crippen LogP contribution in [0, 0.1) is 7.14 Å². The Labute approximate surface area is 201 Å². The molecule has 5 rings (SSSR count). The zero-order valence-electron chi connectivity index (χ0n) is 15.7. The van der Waals surface area contributed by atoms with E-state index in [4.69, 9.17) is 18.9 Å². The maximum Gasteiger partial charge on any atom is 0.231 e. The Kier molecular flexibility index (Phi) is 5.60. The quantitative estimate of drug-likeness (QED) is 0.240. The van der Waals surface area contributed by atoms with Gasteiger partial charge in [-0.2, -0.15) is 0 Å². The average Bonchev–Trinajstić information content (AvgIpc) is 3.39. The molecular formula is C24H16I2O4. The van der Waals surface area contributed by atoms with Crippen molar-refractivity contribution >= 4 is 69.5 Å². The molecule has 0 aliphatic carbocycles. The van der Waals surface area contributed by atoms with Gasteiger partial charge in [0.25, 0.3) is 0 Å². The summed E-state index contributed by atoms with van der Waals surface area (Å²) in [5.41, 5.74) is 4.50. The Hall–Kier alpha value is -2.20. The van der Waals surface area contributed by atoms with E-state index in [2.05, 4.69) is 93.8 Å². The first-order valence-electron chi connectivity index (χ1n) is 9.30. The maximum absolute atomic E-state index is 5.48.